The third kappa shape index (κ3) is 0.485. The van der Waals surface area contributed by atoms with Gasteiger partial charge < -0.3 is 0 Å². The van der Waals surface area contributed by atoms with Crippen LogP contribution in [0.5, 0.6) is 0 Å². The minimum absolute atomic E-state index is 1.14. The maximum Gasteiger partial charge on any atom is 0.0948 e. The van der Waals surface area contributed by atoms with Crippen molar-refractivity contribution in [1.82, 2.24) is 4.37 Å². The zero-order valence-corrected chi connectivity index (χ0v) is 5.63. The van der Waals surface area contributed by atoms with E-state index in [1.165, 1.54) is 16.2 Å². The SMILES string of the molecule is c1cc2nscc2s1. The third-order valence-corrected chi connectivity index (χ3v) is 2.63. The molecule has 0 radical (unpaired) electrons. The summed E-state index contributed by atoms with van der Waals surface area (Å²) in [7, 11) is 0. The second kappa shape index (κ2) is 1.53. The summed E-state index contributed by atoms with van der Waals surface area (Å²) >= 11 is 3.26. The number of rotatable bonds is 0. The Labute approximate surface area is 54.8 Å². The average Bonchev–Trinajstić information content (AvgIpc) is 2.15. The molecule has 2 aromatic heterocycles. The summed E-state index contributed by atoms with van der Waals surface area (Å²) in [5, 5.41) is 4.13. The summed E-state index contributed by atoms with van der Waals surface area (Å²) in [6, 6.07) is 2.04. The number of aromatic nitrogens is 1. The van der Waals surface area contributed by atoms with Crippen molar-refractivity contribution in [3.05, 3.63) is 16.8 Å². The number of thiophene rings is 1. The van der Waals surface area contributed by atoms with Crippen LogP contribution in [0.2, 0.25) is 0 Å². The molecule has 0 N–H and O–H groups in total. The molecule has 0 amide bonds. The van der Waals surface area contributed by atoms with Gasteiger partial charge in [-0.3, -0.25) is 0 Å². The number of hydrogen-bond acceptors (Lipinski definition) is 3. The summed E-state index contributed by atoms with van der Waals surface area (Å²) in [5.74, 6) is 0. The van der Waals surface area contributed by atoms with Gasteiger partial charge in [-0.15, -0.1) is 11.3 Å². The fourth-order valence-electron chi connectivity index (χ4n) is 0.609. The molecule has 2 aromatic rings. The molecule has 0 aliphatic heterocycles. The van der Waals surface area contributed by atoms with E-state index in [0.717, 1.165) is 5.52 Å². The van der Waals surface area contributed by atoms with Crippen molar-refractivity contribution in [2.24, 2.45) is 0 Å². The Morgan fingerprint density at radius 3 is 3.38 bits per heavy atom. The molecule has 0 saturated heterocycles. The van der Waals surface area contributed by atoms with E-state index in [0.29, 0.717) is 0 Å². The highest BCUT2D eigenvalue weighted by Crippen LogP contribution is 2.20. The highest BCUT2D eigenvalue weighted by Gasteiger charge is 1.92. The zero-order chi connectivity index (χ0) is 5.40. The van der Waals surface area contributed by atoms with Crippen molar-refractivity contribution < 1.29 is 0 Å². The zero-order valence-electron chi connectivity index (χ0n) is 4.00. The number of nitrogens with zero attached hydrogens (tertiary/aromatic N) is 1. The minimum atomic E-state index is 1.14. The van der Waals surface area contributed by atoms with Crippen LogP contribution in [0.3, 0.4) is 0 Å². The highest BCUT2D eigenvalue weighted by atomic mass is 32.1. The van der Waals surface area contributed by atoms with Crippen molar-refractivity contribution in [3.8, 4) is 0 Å². The lowest BCUT2D eigenvalue weighted by molar-refractivity contribution is 1.71. The average molecular weight is 141 g/mol. The molecule has 0 aliphatic carbocycles. The Hall–Kier alpha value is -0.410. The molecule has 2 rings (SSSR count). The number of hydrogen-bond donors (Lipinski definition) is 0. The van der Waals surface area contributed by atoms with Crippen LogP contribution in [0.1, 0.15) is 0 Å². The van der Waals surface area contributed by atoms with Crippen LogP contribution in [0.15, 0.2) is 16.8 Å². The topological polar surface area (TPSA) is 12.9 Å². The minimum Gasteiger partial charge on any atom is -0.192 e. The van der Waals surface area contributed by atoms with Crippen molar-refractivity contribution >= 4 is 33.1 Å². The van der Waals surface area contributed by atoms with Gasteiger partial charge in [-0.25, -0.2) is 0 Å². The molecule has 0 saturated carbocycles. The fraction of sp³-hybridized carbons (Fsp3) is 0. The summed E-state index contributed by atoms with van der Waals surface area (Å²) in [5.41, 5.74) is 1.14. The first-order valence-corrected chi connectivity index (χ1v) is 3.96. The van der Waals surface area contributed by atoms with Gasteiger partial charge in [0.15, 0.2) is 0 Å². The molecule has 0 bridgehead atoms. The van der Waals surface area contributed by atoms with Crippen LogP contribution < -0.4 is 0 Å². The summed E-state index contributed by atoms with van der Waals surface area (Å²) in [6.45, 7) is 0. The van der Waals surface area contributed by atoms with Gasteiger partial charge in [-0.1, -0.05) is 0 Å². The summed E-state index contributed by atoms with van der Waals surface area (Å²) in [4.78, 5) is 0. The van der Waals surface area contributed by atoms with Crippen LogP contribution >= 0.6 is 22.9 Å². The summed E-state index contributed by atoms with van der Waals surface area (Å²) in [6.07, 6.45) is 0. The van der Waals surface area contributed by atoms with E-state index in [1.54, 1.807) is 11.3 Å². The molecule has 8 heavy (non-hydrogen) atoms. The second-order valence-electron chi connectivity index (χ2n) is 1.48. The van der Waals surface area contributed by atoms with Crippen LogP contribution in [-0.4, -0.2) is 4.37 Å². The third-order valence-electron chi connectivity index (χ3n) is 0.984. The molecular formula is C5H3NS2. The molecule has 3 heteroatoms. The van der Waals surface area contributed by atoms with Gasteiger partial charge in [0, 0.05) is 5.38 Å². The molecule has 0 spiro atoms. The maximum absolute atomic E-state index is 4.13. The van der Waals surface area contributed by atoms with Crippen LogP contribution in [0.4, 0.5) is 0 Å². The molecule has 1 nitrogen and oxygen atoms in total. The van der Waals surface area contributed by atoms with E-state index >= 15 is 0 Å². The molecule has 0 unspecified atom stereocenters. The largest absolute Gasteiger partial charge is 0.192 e. The van der Waals surface area contributed by atoms with E-state index in [2.05, 4.69) is 15.1 Å². The van der Waals surface area contributed by atoms with Crippen molar-refractivity contribution in [3.63, 3.8) is 0 Å². The molecule has 40 valence electrons. The lowest BCUT2D eigenvalue weighted by Gasteiger charge is -1.61. The van der Waals surface area contributed by atoms with Gasteiger partial charge in [-0.05, 0) is 23.0 Å². The lowest BCUT2D eigenvalue weighted by Crippen LogP contribution is -1.46. The van der Waals surface area contributed by atoms with Gasteiger partial charge >= 0.3 is 0 Å². The van der Waals surface area contributed by atoms with Gasteiger partial charge in [-0.2, -0.15) is 4.37 Å². The quantitative estimate of drug-likeness (QED) is 0.549. The predicted octanol–water partition coefficient (Wildman–Crippen LogP) is 2.36. The Kier molecular flexibility index (Phi) is 0.856. The van der Waals surface area contributed by atoms with E-state index in [1.807, 2.05) is 6.07 Å². The molecule has 0 atom stereocenters. The van der Waals surface area contributed by atoms with Gasteiger partial charge in [0.05, 0.1) is 10.2 Å². The Morgan fingerprint density at radius 2 is 2.50 bits per heavy atom. The van der Waals surface area contributed by atoms with Crippen molar-refractivity contribution in [2.45, 2.75) is 0 Å². The standard InChI is InChI=1S/C5H3NS2/c1-2-7-5-3-8-6-4(1)5/h1-3H. The van der Waals surface area contributed by atoms with E-state index in [4.69, 9.17) is 0 Å². The highest BCUT2D eigenvalue weighted by molar-refractivity contribution is 7.20. The Morgan fingerprint density at radius 1 is 1.50 bits per heavy atom. The fourth-order valence-corrected chi connectivity index (χ4v) is 2.14. The first kappa shape index (κ1) is 4.47. The van der Waals surface area contributed by atoms with E-state index in [9.17, 15) is 0 Å². The lowest BCUT2D eigenvalue weighted by atomic mass is 10.5. The van der Waals surface area contributed by atoms with Crippen LogP contribution in [-0.2, 0) is 0 Å². The van der Waals surface area contributed by atoms with Gasteiger partial charge in [0.2, 0.25) is 0 Å². The van der Waals surface area contributed by atoms with E-state index < -0.39 is 0 Å². The maximum atomic E-state index is 4.13. The van der Waals surface area contributed by atoms with E-state index in [-0.39, 0.29) is 0 Å². The Bertz CT molecular complexity index is 232. The van der Waals surface area contributed by atoms with Crippen LogP contribution in [0, 0.1) is 0 Å². The van der Waals surface area contributed by atoms with Gasteiger partial charge in [0.1, 0.15) is 0 Å². The smallest absolute Gasteiger partial charge is 0.0948 e. The monoisotopic (exact) mass is 141 g/mol. The first-order valence-electron chi connectivity index (χ1n) is 2.24. The second-order valence-corrected chi connectivity index (χ2v) is 3.06. The Balaban J connectivity index is 3.06. The molecule has 0 aliphatic rings. The van der Waals surface area contributed by atoms with Crippen molar-refractivity contribution in [2.75, 3.05) is 0 Å². The normalized spacial score (nSPS) is 10.5. The first-order chi connectivity index (χ1) is 3.97. The predicted molar refractivity (Wildman–Crippen MR) is 37.5 cm³/mol. The molecule has 0 fully saturated rings. The van der Waals surface area contributed by atoms with Crippen LogP contribution in [0.25, 0.3) is 10.2 Å². The summed E-state index contributed by atoms with van der Waals surface area (Å²) < 4.78 is 5.43. The molecular weight excluding hydrogens is 138 g/mol. The van der Waals surface area contributed by atoms with Crippen molar-refractivity contribution in [1.29, 1.82) is 0 Å². The molecule has 0 aromatic carbocycles. The van der Waals surface area contributed by atoms with Gasteiger partial charge in [0.25, 0.3) is 0 Å². The molecule has 2 heterocycles. The number of fused-ring (bicyclic) bond motifs is 1.